The fourth-order valence-electron chi connectivity index (χ4n) is 2.07. The van der Waals surface area contributed by atoms with Crippen LogP contribution in [0.15, 0.2) is 0 Å². The minimum absolute atomic E-state index is 0.264. The predicted octanol–water partition coefficient (Wildman–Crippen LogP) is 3.07. The van der Waals surface area contributed by atoms with Crippen LogP contribution in [0.2, 0.25) is 0 Å². The van der Waals surface area contributed by atoms with Crippen molar-refractivity contribution >= 4 is 11.6 Å². The predicted molar refractivity (Wildman–Crippen MR) is 52.7 cm³/mol. The van der Waals surface area contributed by atoms with Crippen LogP contribution in [0.1, 0.15) is 33.6 Å². The maximum Gasteiger partial charge on any atom is 0.0534 e. The molecule has 0 saturated carbocycles. The lowest BCUT2D eigenvalue weighted by atomic mass is 9.74. The topological polar surface area (TPSA) is 9.23 Å². The fourth-order valence-corrected chi connectivity index (χ4v) is 2.37. The van der Waals surface area contributed by atoms with E-state index in [1.807, 2.05) is 0 Å². The smallest absolute Gasteiger partial charge is 0.0534 e. The first-order chi connectivity index (χ1) is 5.47. The molecule has 0 aromatic carbocycles. The molecule has 1 rings (SSSR count). The lowest BCUT2D eigenvalue weighted by Gasteiger charge is -2.32. The number of halogens is 1. The molecule has 0 spiro atoms. The van der Waals surface area contributed by atoms with Gasteiger partial charge < -0.3 is 4.74 Å². The minimum Gasteiger partial charge on any atom is -0.381 e. The van der Waals surface area contributed by atoms with Crippen LogP contribution in [0.5, 0.6) is 0 Å². The molecular formula is C10H19ClO. The van der Waals surface area contributed by atoms with Crippen LogP contribution in [0.25, 0.3) is 0 Å². The molecule has 0 N–H and O–H groups in total. The van der Waals surface area contributed by atoms with Gasteiger partial charge in [0.25, 0.3) is 0 Å². The van der Waals surface area contributed by atoms with E-state index >= 15 is 0 Å². The Morgan fingerprint density at radius 3 is 2.42 bits per heavy atom. The van der Waals surface area contributed by atoms with E-state index in [4.69, 9.17) is 16.3 Å². The highest BCUT2D eigenvalue weighted by molar-refractivity contribution is 6.18. The second-order valence-electron chi connectivity index (χ2n) is 5.17. The molecule has 0 bridgehead atoms. The first kappa shape index (κ1) is 10.3. The van der Waals surface area contributed by atoms with Crippen molar-refractivity contribution in [3.05, 3.63) is 0 Å². The molecule has 2 heteroatoms. The average Bonchev–Trinajstić information content (AvgIpc) is 2.34. The molecule has 0 radical (unpaired) electrons. The number of rotatable bonds is 2. The Morgan fingerprint density at radius 2 is 2.08 bits per heavy atom. The quantitative estimate of drug-likeness (QED) is 0.609. The molecule has 1 aliphatic heterocycles. The van der Waals surface area contributed by atoms with Crippen molar-refractivity contribution in [3.63, 3.8) is 0 Å². The van der Waals surface area contributed by atoms with E-state index in [9.17, 15) is 0 Å². The van der Waals surface area contributed by atoms with E-state index in [2.05, 4.69) is 20.8 Å². The molecule has 1 atom stereocenters. The normalized spacial score (nSPS) is 31.0. The van der Waals surface area contributed by atoms with Crippen molar-refractivity contribution in [3.8, 4) is 0 Å². The first-order valence-electron chi connectivity index (χ1n) is 4.61. The Labute approximate surface area is 80.4 Å². The van der Waals surface area contributed by atoms with E-state index in [1.165, 1.54) is 6.42 Å². The van der Waals surface area contributed by atoms with E-state index < -0.39 is 0 Å². The fraction of sp³-hybridized carbons (Fsp3) is 1.00. The highest BCUT2D eigenvalue weighted by Crippen LogP contribution is 2.40. The molecule has 0 aliphatic carbocycles. The van der Waals surface area contributed by atoms with Gasteiger partial charge in [0.05, 0.1) is 6.61 Å². The molecular weight excluding hydrogens is 172 g/mol. The van der Waals surface area contributed by atoms with E-state index in [0.29, 0.717) is 5.41 Å². The maximum absolute atomic E-state index is 5.99. The largest absolute Gasteiger partial charge is 0.381 e. The standard InChI is InChI=1S/C10H19ClO/c1-9(2,3)6-10(7-11)4-5-12-8-10/h4-8H2,1-3H3. The molecule has 12 heavy (non-hydrogen) atoms. The zero-order valence-corrected chi connectivity index (χ0v) is 9.08. The van der Waals surface area contributed by atoms with Crippen LogP contribution in [0.4, 0.5) is 0 Å². The maximum atomic E-state index is 5.99. The summed E-state index contributed by atoms with van der Waals surface area (Å²) in [5.74, 6) is 0.740. The van der Waals surface area contributed by atoms with Gasteiger partial charge in [-0.15, -0.1) is 11.6 Å². The van der Waals surface area contributed by atoms with Crippen molar-refractivity contribution in [2.75, 3.05) is 19.1 Å². The summed E-state index contributed by atoms with van der Waals surface area (Å²) < 4.78 is 5.41. The van der Waals surface area contributed by atoms with Crippen molar-refractivity contribution in [2.45, 2.75) is 33.6 Å². The number of alkyl halides is 1. The van der Waals surface area contributed by atoms with Gasteiger partial charge in [-0.3, -0.25) is 0 Å². The van der Waals surface area contributed by atoms with Crippen molar-refractivity contribution < 1.29 is 4.74 Å². The lowest BCUT2D eigenvalue weighted by molar-refractivity contribution is 0.131. The molecule has 1 nitrogen and oxygen atoms in total. The van der Waals surface area contributed by atoms with Gasteiger partial charge in [0.15, 0.2) is 0 Å². The van der Waals surface area contributed by atoms with E-state index in [1.54, 1.807) is 0 Å². The van der Waals surface area contributed by atoms with Crippen LogP contribution in [-0.4, -0.2) is 19.1 Å². The Kier molecular flexibility index (Phi) is 3.06. The summed E-state index contributed by atoms with van der Waals surface area (Å²) in [7, 11) is 0. The highest BCUT2D eigenvalue weighted by Gasteiger charge is 2.37. The molecule has 1 unspecified atom stereocenters. The molecule has 1 saturated heterocycles. The van der Waals surface area contributed by atoms with Gasteiger partial charge in [-0.2, -0.15) is 0 Å². The zero-order chi connectivity index (χ0) is 9.24. The van der Waals surface area contributed by atoms with Gasteiger partial charge in [0, 0.05) is 17.9 Å². The Bertz CT molecular complexity index is 142. The van der Waals surface area contributed by atoms with Crippen LogP contribution < -0.4 is 0 Å². The highest BCUT2D eigenvalue weighted by atomic mass is 35.5. The summed E-state index contributed by atoms with van der Waals surface area (Å²) in [6, 6.07) is 0. The van der Waals surface area contributed by atoms with Gasteiger partial charge in [0.2, 0.25) is 0 Å². The number of hydrogen-bond donors (Lipinski definition) is 0. The molecule has 0 aromatic rings. The molecule has 1 heterocycles. The van der Waals surface area contributed by atoms with Crippen molar-refractivity contribution in [2.24, 2.45) is 10.8 Å². The summed E-state index contributed by atoms with van der Waals surface area (Å²) in [5, 5.41) is 0. The van der Waals surface area contributed by atoms with Crippen LogP contribution in [0.3, 0.4) is 0 Å². The number of ether oxygens (including phenoxy) is 1. The molecule has 0 aromatic heterocycles. The van der Waals surface area contributed by atoms with Crippen molar-refractivity contribution in [1.82, 2.24) is 0 Å². The van der Waals surface area contributed by atoms with Crippen molar-refractivity contribution in [1.29, 1.82) is 0 Å². The first-order valence-corrected chi connectivity index (χ1v) is 5.15. The summed E-state index contributed by atoms with van der Waals surface area (Å²) in [6.07, 6.45) is 2.30. The van der Waals surface area contributed by atoms with E-state index in [-0.39, 0.29) is 5.41 Å². The molecule has 1 fully saturated rings. The third-order valence-corrected chi connectivity index (χ3v) is 2.94. The average molecular weight is 191 g/mol. The van der Waals surface area contributed by atoms with Crippen LogP contribution >= 0.6 is 11.6 Å². The summed E-state index contributed by atoms with van der Waals surface area (Å²) in [6.45, 7) is 8.54. The van der Waals surface area contributed by atoms with Gasteiger partial charge in [-0.25, -0.2) is 0 Å². The van der Waals surface area contributed by atoms with Crippen LogP contribution in [0, 0.1) is 10.8 Å². The second-order valence-corrected chi connectivity index (χ2v) is 5.44. The second kappa shape index (κ2) is 3.55. The zero-order valence-electron chi connectivity index (χ0n) is 8.32. The Hall–Kier alpha value is 0.250. The summed E-state index contributed by atoms with van der Waals surface area (Å²) >= 11 is 5.99. The summed E-state index contributed by atoms with van der Waals surface area (Å²) in [4.78, 5) is 0. The SMILES string of the molecule is CC(C)(C)CC1(CCl)CCOC1. The Morgan fingerprint density at radius 1 is 1.42 bits per heavy atom. The minimum atomic E-state index is 0.264. The third kappa shape index (κ3) is 2.63. The summed E-state index contributed by atoms with van der Waals surface area (Å²) in [5.41, 5.74) is 0.627. The van der Waals surface area contributed by atoms with Gasteiger partial charge in [-0.1, -0.05) is 20.8 Å². The van der Waals surface area contributed by atoms with Gasteiger partial charge in [0.1, 0.15) is 0 Å². The molecule has 0 amide bonds. The molecule has 1 aliphatic rings. The lowest BCUT2D eigenvalue weighted by Crippen LogP contribution is -2.29. The van der Waals surface area contributed by atoms with Gasteiger partial charge in [-0.05, 0) is 18.3 Å². The van der Waals surface area contributed by atoms with Gasteiger partial charge >= 0.3 is 0 Å². The third-order valence-electron chi connectivity index (χ3n) is 2.37. The monoisotopic (exact) mass is 190 g/mol. The van der Waals surface area contributed by atoms with Crippen LogP contribution in [-0.2, 0) is 4.74 Å². The molecule has 72 valence electrons. The number of hydrogen-bond acceptors (Lipinski definition) is 1. The Balaban J connectivity index is 2.55. The van der Waals surface area contributed by atoms with E-state index in [0.717, 1.165) is 25.5 Å².